The van der Waals surface area contributed by atoms with Gasteiger partial charge in [-0.1, -0.05) is 109 Å². The van der Waals surface area contributed by atoms with Gasteiger partial charge in [-0.25, -0.2) is 8.42 Å². The van der Waals surface area contributed by atoms with Crippen molar-refractivity contribution < 1.29 is 18.0 Å². The van der Waals surface area contributed by atoms with Gasteiger partial charge in [-0.2, -0.15) is 0 Å². The van der Waals surface area contributed by atoms with E-state index < -0.39 is 28.5 Å². The van der Waals surface area contributed by atoms with E-state index in [9.17, 15) is 18.0 Å². The molecule has 0 heterocycles. The molecule has 10 heteroatoms. The molecule has 0 aliphatic heterocycles. The number of halogens is 2. The number of rotatable bonds is 14. The van der Waals surface area contributed by atoms with Crippen molar-refractivity contribution in [1.82, 2.24) is 10.2 Å². The minimum atomic E-state index is -4.17. The number of benzene rings is 4. The van der Waals surface area contributed by atoms with Crippen molar-refractivity contribution in [1.29, 1.82) is 0 Å². The van der Waals surface area contributed by atoms with Crippen molar-refractivity contribution in [3.63, 3.8) is 0 Å². The second kappa shape index (κ2) is 15.9. The molecule has 0 aliphatic carbocycles. The van der Waals surface area contributed by atoms with Crippen molar-refractivity contribution in [3.8, 4) is 0 Å². The molecule has 236 valence electrons. The van der Waals surface area contributed by atoms with E-state index in [4.69, 9.17) is 23.2 Å². The molecule has 4 aromatic rings. The zero-order chi connectivity index (χ0) is 32.4. The highest BCUT2D eigenvalue weighted by Crippen LogP contribution is 2.29. The third kappa shape index (κ3) is 8.87. The van der Waals surface area contributed by atoms with Gasteiger partial charge >= 0.3 is 0 Å². The largest absolute Gasteiger partial charge is 0.354 e. The number of nitrogens with one attached hydrogen (secondary N) is 1. The third-order valence-electron chi connectivity index (χ3n) is 7.45. The fraction of sp³-hybridized carbons (Fsp3) is 0.257. The van der Waals surface area contributed by atoms with Gasteiger partial charge in [-0.05, 0) is 60.4 Å². The number of unbranched alkanes of at least 4 members (excludes halogenated alkanes) is 1. The van der Waals surface area contributed by atoms with Gasteiger partial charge in [-0.15, -0.1) is 0 Å². The first-order chi connectivity index (χ1) is 21.6. The first kappa shape index (κ1) is 34.0. The Bertz CT molecular complexity index is 1700. The van der Waals surface area contributed by atoms with Crippen molar-refractivity contribution >= 4 is 50.7 Å². The Kier molecular flexibility index (Phi) is 12.0. The summed E-state index contributed by atoms with van der Waals surface area (Å²) in [5.41, 5.74) is 2.46. The van der Waals surface area contributed by atoms with E-state index in [1.165, 1.54) is 17.0 Å². The first-order valence-corrected chi connectivity index (χ1v) is 17.0. The molecule has 1 atom stereocenters. The van der Waals surface area contributed by atoms with Gasteiger partial charge in [0.1, 0.15) is 12.6 Å². The van der Waals surface area contributed by atoms with E-state index in [1.807, 2.05) is 37.3 Å². The van der Waals surface area contributed by atoms with Crippen LogP contribution in [0.1, 0.15) is 36.5 Å². The highest BCUT2D eigenvalue weighted by atomic mass is 35.5. The summed E-state index contributed by atoms with van der Waals surface area (Å²) in [6.45, 7) is 3.68. The van der Waals surface area contributed by atoms with Crippen LogP contribution >= 0.6 is 23.2 Å². The molecule has 0 saturated carbocycles. The fourth-order valence-electron chi connectivity index (χ4n) is 4.97. The second-order valence-electron chi connectivity index (χ2n) is 10.7. The summed E-state index contributed by atoms with van der Waals surface area (Å²) in [4.78, 5) is 29.8. The number of carbonyl (C=O) groups is 2. The molecular weight excluding hydrogens is 629 g/mol. The molecule has 0 bridgehead atoms. The molecule has 7 nitrogen and oxygen atoms in total. The Morgan fingerprint density at radius 2 is 1.51 bits per heavy atom. The minimum absolute atomic E-state index is 0.0411. The minimum Gasteiger partial charge on any atom is -0.354 e. The summed E-state index contributed by atoms with van der Waals surface area (Å²) in [5, 5.41) is 3.74. The van der Waals surface area contributed by atoms with Gasteiger partial charge in [0.05, 0.1) is 10.6 Å². The van der Waals surface area contributed by atoms with E-state index in [2.05, 4.69) is 5.32 Å². The van der Waals surface area contributed by atoms with Crippen LogP contribution in [0, 0.1) is 6.92 Å². The van der Waals surface area contributed by atoms with E-state index in [0.29, 0.717) is 33.4 Å². The number of sulfonamides is 1. The van der Waals surface area contributed by atoms with Crippen LogP contribution in [0.25, 0.3) is 0 Å². The number of para-hydroxylation sites is 1. The number of aryl methyl sites for hydroxylation is 1. The zero-order valence-corrected chi connectivity index (χ0v) is 27.7. The Hall–Kier alpha value is -3.85. The number of amides is 2. The number of nitrogens with zero attached hydrogens (tertiary/aromatic N) is 2. The molecule has 0 aliphatic rings. The van der Waals surface area contributed by atoms with Gasteiger partial charge in [0.25, 0.3) is 10.0 Å². The van der Waals surface area contributed by atoms with E-state index in [0.717, 1.165) is 22.7 Å². The Balaban J connectivity index is 1.81. The standard InChI is InChI=1S/C35H37Cl2N3O4S/c1-3-4-21-38-35(42)33(22-27-14-7-5-8-15-27)39(24-28-19-20-29(36)23-31(28)37)34(41)25-40(32-18-12-11-13-26(32)2)45(43,44)30-16-9-6-10-17-30/h5-20,23,33H,3-4,21-22,24-25H2,1-2H3,(H,38,42)/t33-/m0/s1. The summed E-state index contributed by atoms with van der Waals surface area (Å²) in [5.74, 6) is -0.894. The quantitative estimate of drug-likeness (QED) is 0.146. The highest BCUT2D eigenvalue weighted by molar-refractivity contribution is 7.92. The number of carbonyl (C=O) groups excluding carboxylic acids is 2. The van der Waals surface area contributed by atoms with Gasteiger partial charge in [-0.3, -0.25) is 13.9 Å². The maximum absolute atomic E-state index is 14.5. The van der Waals surface area contributed by atoms with E-state index in [-0.39, 0.29) is 23.8 Å². The molecule has 0 unspecified atom stereocenters. The van der Waals surface area contributed by atoms with Crippen LogP contribution in [0.15, 0.2) is 108 Å². The number of hydrogen-bond acceptors (Lipinski definition) is 4. The lowest BCUT2D eigenvalue weighted by Gasteiger charge is -2.34. The Morgan fingerprint density at radius 1 is 0.867 bits per heavy atom. The predicted molar refractivity (Wildman–Crippen MR) is 181 cm³/mol. The summed E-state index contributed by atoms with van der Waals surface area (Å²) in [6, 6.07) is 28.4. The molecule has 2 amide bonds. The van der Waals surface area contributed by atoms with Gasteiger partial charge in [0.15, 0.2) is 0 Å². The average molecular weight is 667 g/mol. The molecule has 0 fully saturated rings. The van der Waals surface area contributed by atoms with Gasteiger partial charge in [0, 0.05) is 29.6 Å². The fourth-order valence-corrected chi connectivity index (χ4v) is 6.94. The molecule has 4 rings (SSSR count). The Morgan fingerprint density at radius 3 is 2.16 bits per heavy atom. The first-order valence-electron chi connectivity index (χ1n) is 14.8. The highest BCUT2D eigenvalue weighted by Gasteiger charge is 2.35. The maximum Gasteiger partial charge on any atom is 0.264 e. The topological polar surface area (TPSA) is 86.8 Å². The number of anilines is 1. The summed E-state index contributed by atoms with van der Waals surface area (Å²) >= 11 is 12.7. The van der Waals surface area contributed by atoms with Crippen molar-refractivity contribution in [2.75, 3.05) is 17.4 Å². The molecular formula is C35H37Cl2N3O4S. The van der Waals surface area contributed by atoms with Gasteiger partial charge < -0.3 is 10.2 Å². The lowest BCUT2D eigenvalue weighted by atomic mass is 10.0. The van der Waals surface area contributed by atoms with Crippen LogP contribution in [0.3, 0.4) is 0 Å². The zero-order valence-electron chi connectivity index (χ0n) is 25.3. The van der Waals surface area contributed by atoms with E-state index in [1.54, 1.807) is 67.6 Å². The van der Waals surface area contributed by atoms with Crippen molar-refractivity contribution in [2.24, 2.45) is 0 Å². The van der Waals surface area contributed by atoms with Gasteiger partial charge in [0.2, 0.25) is 11.8 Å². The SMILES string of the molecule is CCCCNC(=O)[C@H](Cc1ccccc1)N(Cc1ccc(Cl)cc1Cl)C(=O)CN(c1ccccc1C)S(=O)(=O)c1ccccc1. The molecule has 0 saturated heterocycles. The maximum atomic E-state index is 14.5. The summed E-state index contributed by atoms with van der Waals surface area (Å²) in [6.07, 6.45) is 1.87. The molecule has 45 heavy (non-hydrogen) atoms. The smallest absolute Gasteiger partial charge is 0.264 e. The van der Waals surface area contributed by atoms with Crippen molar-refractivity contribution in [2.45, 2.75) is 50.6 Å². The molecule has 0 aromatic heterocycles. The molecule has 4 aromatic carbocycles. The van der Waals surface area contributed by atoms with Crippen LogP contribution in [0.2, 0.25) is 10.0 Å². The molecule has 1 N–H and O–H groups in total. The summed E-state index contributed by atoms with van der Waals surface area (Å²) in [7, 11) is -4.17. The van der Waals surface area contributed by atoms with E-state index >= 15 is 0 Å². The normalized spacial score (nSPS) is 11.9. The van der Waals surface area contributed by atoms with Crippen LogP contribution in [-0.4, -0.2) is 44.3 Å². The van der Waals surface area contributed by atoms with Crippen LogP contribution in [0.5, 0.6) is 0 Å². The average Bonchev–Trinajstić information content (AvgIpc) is 3.03. The third-order valence-corrected chi connectivity index (χ3v) is 9.81. The molecule has 0 spiro atoms. The monoisotopic (exact) mass is 665 g/mol. The van der Waals surface area contributed by atoms with Crippen LogP contribution in [0.4, 0.5) is 5.69 Å². The molecule has 0 radical (unpaired) electrons. The van der Waals surface area contributed by atoms with Crippen LogP contribution in [-0.2, 0) is 32.6 Å². The van der Waals surface area contributed by atoms with Crippen LogP contribution < -0.4 is 9.62 Å². The van der Waals surface area contributed by atoms with Crippen molar-refractivity contribution in [3.05, 3.63) is 130 Å². The lowest BCUT2D eigenvalue weighted by Crippen LogP contribution is -2.53. The lowest BCUT2D eigenvalue weighted by molar-refractivity contribution is -0.140. The number of hydrogen-bond donors (Lipinski definition) is 1. The predicted octanol–water partition coefficient (Wildman–Crippen LogP) is 7.05. The summed E-state index contributed by atoms with van der Waals surface area (Å²) < 4.78 is 29.3. The Labute approximate surface area is 275 Å². The second-order valence-corrected chi connectivity index (χ2v) is 13.4.